The lowest BCUT2D eigenvalue weighted by atomic mass is 10.1. The maximum Gasteiger partial charge on any atom is 0.416 e. The number of alkyl halides is 3. The summed E-state index contributed by atoms with van der Waals surface area (Å²) in [5, 5.41) is 0. The SMILES string of the molecule is N[C@@H]1CCCN(c2ccc(C(F)(F)F)cc2F)C1. The Morgan fingerprint density at radius 2 is 2.00 bits per heavy atom. The third-order valence-corrected chi connectivity index (χ3v) is 3.07. The number of halogens is 4. The van der Waals surface area contributed by atoms with E-state index in [0.717, 1.165) is 18.9 Å². The summed E-state index contributed by atoms with van der Waals surface area (Å²) in [6, 6.07) is 2.56. The van der Waals surface area contributed by atoms with Gasteiger partial charge >= 0.3 is 6.18 Å². The Morgan fingerprint density at radius 1 is 1.28 bits per heavy atom. The van der Waals surface area contributed by atoms with Gasteiger partial charge in [0.15, 0.2) is 0 Å². The first-order chi connectivity index (χ1) is 8.38. The Bertz CT molecular complexity index is 431. The molecule has 100 valence electrons. The minimum Gasteiger partial charge on any atom is -0.368 e. The molecule has 0 radical (unpaired) electrons. The van der Waals surface area contributed by atoms with Crippen LogP contribution in [0.3, 0.4) is 0 Å². The molecule has 0 aromatic heterocycles. The number of nitrogens with zero attached hydrogens (tertiary/aromatic N) is 1. The van der Waals surface area contributed by atoms with Crippen molar-refractivity contribution in [1.82, 2.24) is 0 Å². The summed E-state index contributed by atoms with van der Waals surface area (Å²) >= 11 is 0. The van der Waals surface area contributed by atoms with Gasteiger partial charge in [0, 0.05) is 19.1 Å². The van der Waals surface area contributed by atoms with Gasteiger partial charge in [-0.3, -0.25) is 0 Å². The van der Waals surface area contributed by atoms with E-state index >= 15 is 0 Å². The van der Waals surface area contributed by atoms with Crippen molar-refractivity contribution in [2.75, 3.05) is 18.0 Å². The highest BCUT2D eigenvalue weighted by Crippen LogP contribution is 2.32. The van der Waals surface area contributed by atoms with Crippen molar-refractivity contribution in [1.29, 1.82) is 0 Å². The first-order valence-electron chi connectivity index (χ1n) is 5.75. The van der Waals surface area contributed by atoms with Crippen LogP contribution in [0.5, 0.6) is 0 Å². The maximum absolute atomic E-state index is 13.7. The van der Waals surface area contributed by atoms with Crippen LogP contribution in [0.1, 0.15) is 18.4 Å². The second kappa shape index (κ2) is 4.76. The van der Waals surface area contributed by atoms with Crippen LogP contribution in [-0.2, 0) is 6.18 Å². The van der Waals surface area contributed by atoms with Gasteiger partial charge in [-0.1, -0.05) is 0 Å². The van der Waals surface area contributed by atoms with Crippen molar-refractivity contribution < 1.29 is 17.6 Å². The average molecular weight is 262 g/mol. The fourth-order valence-electron chi connectivity index (χ4n) is 2.17. The number of anilines is 1. The monoisotopic (exact) mass is 262 g/mol. The van der Waals surface area contributed by atoms with E-state index in [0.29, 0.717) is 19.2 Å². The molecule has 18 heavy (non-hydrogen) atoms. The standard InChI is InChI=1S/C12H14F4N2/c13-10-6-8(12(14,15)16)3-4-11(10)18-5-1-2-9(17)7-18/h3-4,6,9H,1-2,5,7,17H2/t9-/m1/s1. The summed E-state index contributed by atoms with van der Waals surface area (Å²) in [7, 11) is 0. The van der Waals surface area contributed by atoms with E-state index in [9.17, 15) is 17.6 Å². The quantitative estimate of drug-likeness (QED) is 0.788. The van der Waals surface area contributed by atoms with E-state index in [1.165, 1.54) is 6.07 Å². The Labute approximate surface area is 102 Å². The molecule has 2 N–H and O–H groups in total. The molecule has 1 saturated heterocycles. The smallest absolute Gasteiger partial charge is 0.368 e. The van der Waals surface area contributed by atoms with Gasteiger partial charge in [0.05, 0.1) is 11.3 Å². The predicted molar refractivity (Wildman–Crippen MR) is 60.8 cm³/mol. The normalized spacial score (nSPS) is 21.2. The van der Waals surface area contributed by atoms with E-state index in [4.69, 9.17) is 5.73 Å². The molecule has 1 aliphatic heterocycles. The minimum atomic E-state index is -4.52. The molecule has 1 fully saturated rings. The van der Waals surface area contributed by atoms with Crippen molar-refractivity contribution in [3.8, 4) is 0 Å². The van der Waals surface area contributed by atoms with Crippen LogP contribution in [0.4, 0.5) is 23.2 Å². The van der Waals surface area contributed by atoms with Crippen LogP contribution in [0.15, 0.2) is 18.2 Å². The molecule has 1 heterocycles. The van der Waals surface area contributed by atoms with Gasteiger partial charge in [-0.25, -0.2) is 4.39 Å². The molecule has 6 heteroatoms. The Kier molecular flexibility index (Phi) is 3.47. The summed E-state index contributed by atoms with van der Waals surface area (Å²) in [6.45, 7) is 1.10. The van der Waals surface area contributed by atoms with Gasteiger partial charge in [0.25, 0.3) is 0 Å². The molecular formula is C12H14F4N2. The Hall–Kier alpha value is -1.30. The van der Waals surface area contributed by atoms with Gasteiger partial charge in [-0.2, -0.15) is 13.2 Å². The van der Waals surface area contributed by atoms with Gasteiger partial charge in [0.1, 0.15) is 5.82 Å². The molecule has 0 unspecified atom stereocenters. The van der Waals surface area contributed by atoms with Gasteiger partial charge < -0.3 is 10.6 Å². The largest absolute Gasteiger partial charge is 0.416 e. The van der Waals surface area contributed by atoms with Crippen LogP contribution >= 0.6 is 0 Å². The highest BCUT2D eigenvalue weighted by atomic mass is 19.4. The summed E-state index contributed by atoms with van der Waals surface area (Å²) in [6.07, 6.45) is -2.84. The lowest BCUT2D eigenvalue weighted by molar-refractivity contribution is -0.137. The molecule has 0 amide bonds. The number of hydrogen-bond acceptors (Lipinski definition) is 2. The van der Waals surface area contributed by atoms with E-state index in [2.05, 4.69) is 0 Å². The molecule has 1 aromatic rings. The van der Waals surface area contributed by atoms with Gasteiger partial charge in [0.2, 0.25) is 0 Å². The predicted octanol–water partition coefficient (Wildman–Crippen LogP) is 2.77. The third-order valence-electron chi connectivity index (χ3n) is 3.07. The number of nitrogens with two attached hydrogens (primary N) is 1. The number of rotatable bonds is 1. The Morgan fingerprint density at radius 3 is 2.56 bits per heavy atom. The first-order valence-corrected chi connectivity index (χ1v) is 5.75. The molecule has 1 aliphatic rings. The number of hydrogen-bond donors (Lipinski definition) is 1. The van der Waals surface area contributed by atoms with Crippen molar-refractivity contribution in [2.45, 2.75) is 25.1 Å². The van der Waals surface area contributed by atoms with Crippen molar-refractivity contribution >= 4 is 5.69 Å². The van der Waals surface area contributed by atoms with Crippen LogP contribution in [0.2, 0.25) is 0 Å². The zero-order chi connectivity index (χ0) is 13.3. The van der Waals surface area contributed by atoms with Crippen LogP contribution in [0.25, 0.3) is 0 Å². The molecule has 2 rings (SSSR count). The number of piperidine rings is 1. The first kappa shape index (κ1) is 13.1. The molecule has 0 bridgehead atoms. The summed E-state index contributed by atoms with van der Waals surface area (Å²) < 4.78 is 50.9. The summed E-state index contributed by atoms with van der Waals surface area (Å²) in [5.41, 5.74) is 4.99. The lowest BCUT2D eigenvalue weighted by Crippen LogP contribution is -2.43. The molecule has 1 aromatic carbocycles. The van der Waals surface area contributed by atoms with Gasteiger partial charge in [-0.15, -0.1) is 0 Å². The minimum absolute atomic E-state index is 0.0551. The zero-order valence-electron chi connectivity index (χ0n) is 9.67. The van der Waals surface area contributed by atoms with Gasteiger partial charge in [-0.05, 0) is 31.0 Å². The molecule has 0 aliphatic carbocycles. The van der Waals surface area contributed by atoms with Crippen LogP contribution in [0, 0.1) is 5.82 Å². The summed E-state index contributed by atoms with van der Waals surface area (Å²) in [5.74, 6) is -0.848. The zero-order valence-corrected chi connectivity index (χ0v) is 9.67. The van der Waals surface area contributed by atoms with E-state index in [-0.39, 0.29) is 11.7 Å². The second-order valence-corrected chi connectivity index (χ2v) is 4.51. The van der Waals surface area contributed by atoms with E-state index in [1.807, 2.05) is 0 Å². The van der Waals surface area contributed by atoms with Crippen molar-refractivity contribution in [3.63, 3.8) is 0 Å². The van der Waals surface area contributed by atoms with Crippen LogP contribution < -0.4 is 10.6 Å². The van der Waals surface area contributed by atoms with Crippen molar-refractivity contribution in [3.05, 3.63) is 29.6 Å². The Balaban J connectivity index is 2.24. The van der Waals surface area contributed by atoms with E-state index in [1.54, 1.807) is 4.90 Å². The van der Waals surface area contributed by atoms with Crippen LogP contribution in [-0.4, -0.2) is 19.1 Å². The highest BCUT2D eigenvalue weighted by Gasteiger charge is 2.31. The molecule has 0 saturated carbocycles. The van der Waals surface area contributed by atoms with Crippen molar-refractivity contribution in [2.24, 2.45) is 5.73 Å². The second-order valence-electron chi connectivity index (χ2n) is 4.51. The fraction of sp³-hybridized carbons (Fsp3) is 0.500. The van der Waals surface area contributed by atoms with E-state index < -0.39 is 17.6 Å². The molecule has 0 spiro atoms. The number of benzene rings is 1. The highest BCUT2D eigenvalue weighted by molar-refractivity contribution is 5.50. The topological polar surface area (TPSA) is 29.3 Å². The fourth-order valence-corrected chi connectivity index (χ4v) is 2.17. The molecular weight excluding hydrogens is 248 g/mol. The average Bonchev–Trinajstić information content (AvgIpc) is 2.27. The summed E-state index contributed by atoms with van der Waals surface area (Å²) in [4.78, 5) is 1.70. The maximum atomic E-state index is 13.7. The lowest BCUT2D eigenvalue weighted by Gasteiger charge is -2.32. The molecule has 1 atom stereocenters. The molecule has 2 nitrogen and oxygen atoms in total. The third kappa shape index (κ3) is 2.75.